The van der Waals surface area contributed by atoms with Gasteiger partial charge in [0, 0.05) is 37.8 Å². The van der Waals surface area contributed by atoms with E-state index >= 15 is 0 Å². The number of nitrogens with zero attached hydrogens (tertiary/aromatic N) is 2. The number of hydrogen-bond acceptors (Lipinski definition) is 2. The van der Waals surface area contributed by atoms with Gasteiger partial charge in [-0.3, -0.25) is 4.79 Å². The van der Waals surface area contributed by atoms with Crippen molar-refractivity contribution in [3.05, 3.63) is 65.7 Å². The van der Waals surface area contributed by atoms with Crippen LogP contribution in [0.3, 0.4) is 0 Å². The van der Waals surface area contributed by atoms with Gasteiger partial charge in [-0.15, -0.1) is 12.4 Å². The molecule has 2 aromatic carbocycles. The molecular formula is C23H31ClN2O. The summed E-state index contributed by atoms with van der Waals surface area (Å²) in [5.74, 6) is 0.231. The number of carbonyl (C=O) groups is 1. The highest BCUT2D eigenvalue weighted by Gasteiger charge is 2.28. The second kappa shape index (κ2) is 10.5. The first-order valence-electron chi connectivity index (χ1n) is 9.82. The van der Waals surface area contributed by atoms with E-state index in [2.05, 4.69) is 48.2 Å². The van der Waals surface area contributed by atoms with Crippen molar-refractivity contribution in [3.8, 4) is 0 Å². The van der Waals surface area contributed by atoms with Crippen LogP contribution in [-0.4, -0.2) is 36.5 Å². The van der Waals surface area contributed by atoms with Crippen LogP contribution in [0, 0.1) is 6.92 Å². The average molecular weight is 387 g/mol. The number of rotatable bonds is 6. The van der Waals surface area contributed by atoms with E-state index in [0.29, 0.717) is 12.5 Å². The fourth-order valence-electron chi connectivity index (χ4n) is 3.76. The molecule has 0 aliphatic carbocycles. The van der Waals surface area contributed by atoms with E-state index in [0.717, 1.165) is 44.6 Å². The van der Waals surface area contributed by atoms with Crippen molar-refractivity contribution in [2.24, 2.45) is 0 Å². The molecule has 0 aromatic heterocycles. The molecule has 1 heterocycles. The van der Waals surface area contributed by atoms with Crippen molar-refractivity contribution in [3.63, 3.8) is 0 Å². The number of piperidine rings is 1. The van der Waals surface area contributed by atoms with E-state index in [1.807, 2.05) is 30.0 Å². The molecule has 1 saturated heterocycles. The van der Waals surface area contributed by atoms with Crippen LogP contribution in [0.5, 0.6) is 0 Å². The van der Waals surface area contributed by atoms with Crippen LogP contribution in [0.25, 0.3) is 0 Å². The van der Waals surface area contributed by atoms with Gasteiger partial charge in [0.1, 0.15) is 0 Å². The number of aryl methyl sites for hydroxylation is 1. The third-order valence-electron chi connectivity index (χ3n) is 5.37. The summed E-state index contributed by atoms with van der Waals surface area (Å²) >= 11 is 0. The average Bonchev–Trinajstić information content (AvgIpc) is 2.69. The Labute approximate surface area is 169 Å². The van der Waals surface area contributed by atoms with Crippen LogP contribution >= 0.6 is 12.4 Å². The van der Waals surface area contributed by atoms with Crippen LogP contribution in [-0.2, 0) is 11.2 Å². The first-order valence-corrected chi connectivity index (χ1v) is 9.82. The molecule has 0 saturated carbocycles. The summed E-state index contributed by atoms with van der Waals surface area (Å²) in [7, 11) is 0. The second-order valence-electron chi connectivity index (χ2n) is 7.26. The van der Waals surface area contributed by atoms with Crippen LogP contribution < -0.4 is 4.90 Å². The summed E-state index contributed by atoms with van der Waals surface area (Å²) in [4.78, 5) is 17.1. The molecule has 4 heteroatoms. The van der Waals surface area contributed by atoms with Gasteiger partial charge in [0.15, 0.2) is 0 Å². The Kier molecular flexibility index (Phi) is 8.33. The predicted octanol–water partition coefficient (Wildman–Crippen LogP) is 4.87. The molecule has 1 aliphatic rings. The van der Waals surface area contributed by atoms with E-state index in [1.54, 1.807) is 0 Å². The molecule has 1 fully saturated rings. The molecule has 0 bridgehead atoms. The van der Waals surface area contributed by atoms with E-state index in [-0.39, 0.29) is 18.3 Å². The van der Waals surface area contributed by atoms with Crippen molar-refractivity contribution in [1.29, 1.82) is 0 Å². The van der Waals surface area contributed by atoms with Gasteiger partial charge in [-0.05, 0) is 43.9 Å². The van der Waals surface area contributed by atoms with E-state index in [9.17, 15) is 4.79 Å². The van der Waals surface area contributed by atoms with Crippen molar-refractivity contribution in [2.75, 3.05) is 24.5 Å². The summed E-state index contributed by atoms with van der Waals surface area (Å²) < 4.78 is 0. The number of hydrogen-bond donors (Lipinski definition) is 0. The smallest absolute Gasteiger partial charge is 0.226 e. The van der Waals surface area contributed by atoms with Crippen molar-refractivity contribution < 1.29 is 4.79 Å². The van der Waals surface area contributed by atoms with E-state index in [1.165, 1.54) is 11.1 Å². The summed E-state index contributed by atoms with van der Waals surface area (Å²) in [6, 6.07) is 19.3. The number of likely N-dealkylation sites (tertiary alicyclic amines) is 1. The SMILES string of the molecule is CCC(=O)N(c1ccccc1)C1CCN(CCc2ccc(C)cc2)CC1.Cl. The highest BCUT2D eigenvalue weighted by molar-refractivity contribution is 5.93. The maximum absolute atomic E-state index is 12.5. The fourth-order valence-corrected chi connectivity index (χ4v) is 3.76. The zero-order valence-electron chi connectivity index (χ0n) is 16.4. The standard InChI is InChI=1S/C23H30N2O.ClH/c1-3-23(26)25(21-7-5-4-6-8-21)22-14-17-24(18-15-22)16-13-20-11-9-19(2)10-12-20;/h4-12,22H,3,13-18H2,1-2H3;1H. The molecule has 0 spiro atoms. The minimum atomic E-state index is 0. The van der Waals surface area contributed by atoms with Gasteiger partial charge in [0.25, 0.3) is 0 Å². The number of anilines is 1. The minimum absolute atomic E-state index is 0. The molecule has 1 aliphatic heterocycles. The van der Waals surface area contributed by atoms with Gasteiger partial charge in [-0.2, -0.15) is 0 Å². The second-order valence-corrected chi connectivity index (χ2v) is 7.26. The molecule has 0 unspecified atom stereocenters. The van der Waals surface area contributed by atoms with Crippen LogP contribution in [0.1, 0.15) is 37.3 Å². The zero-order chi connectivity index (χ0) is 18.4. The Morgan fingerprint density at radius 1 is 1.04 bits per heavy atom. The molecule has 0 radical (unpaired) electrons. The van der Waals surface area contributed by atoms with Crippen LogP contribution in [0.2, 0.25) is 0 Å². The summed E-state index contributed by atoms with van der Waals surface area (Å²) in [5.41, 5.74) is 3.76. The van der Waals surface area contributed by atoms with Crippen molar-refractivity contribution in [2.45, 2.75) is 45.6 Å². The predicted molar refractivity (Wildman–Crippen MR) is 116 cm³/mol. The van der Waals surface area contributed by atoms with Gasteiger partial charge < -0.3 is 9.80 Å². The minimum Gasteiger partial charge on any atom is -0.309 e. The van der Waals surface area contributed by atoms with Crippen LogP contribution in [0.15, 0.2) is 54.6 Å². The maximum Gasteiger partial charge on any atom is 0.226 e. The third kappa shape index (κ3) is 5.82. The lowest BCUT2D eigenvalue weighted by atomic mass is 10.0. The van der Waals surface area contributed by atoms with Crippen LogP contribution in [0.4, 0.5) is 5.69 Å². The molecule has 3 rings (SSSR count). The first kappa shape index (κ1) is 21.5. The lowest BCUT2D eigenvalue weighted by Gasteiger charge is -2.38. The third-order valence-corrected chi connectivity index (χ3v) is 5.37. The molecule has 27 heavy (non-hydrogen) atoms. The lowest BCUT2D eigenvalue weighted by molar-refractivity contribution is -0.119. The highest BCUT2D eigenvalue weighted by Crippen LogP contribution is 2.24. The normalized spacial score (nSPS) is 15.2. The summed E-state index contributed by atoms with van der Waals surface area (Å²) in [6.07, 6.45) is 3.76. The van der Waals surface area contributed by atoms with E-state index < -0.39 is 0 Å². The Bertz CT molecular complexity index is 694. The highest BCUT2D eigenvalue weighted by atomic mass is 35.5. The molecule has 3 nitrogen and oxygen atoms in total. The Morgan fingerprint density at radius 2 is 1.67 bits per heavy atom. The Balaban J connectivity index is 0.00000261. The summed E-state index contributed by atoms with van der Waals surface area (Å²) in [5, 5.41) is 0. The van der Waals surface area contributed by atoms with E-state index in [4.69, 9.17) is 0 Å². The van der Waals surface area contributed by atoms with Gasteiger partial charge in [-0.1, -0.05) is 55.0 Å². The van der Waals surface area contributed by atoms with Crippen molar-refractivity contribution in [1.82, 2.24) is 4.90 Å². The molecule has 0 N–H and O–H groups in total. The van der Waals surface area contributed by atoms with Gasteiger partial charge in [-0.25, -0.2) is 0 Å². The quantitative estimate of drug-likeness (QED) is 0.707. The monoisotopic (exact) mass is 386 g/mol. The molecule has 1 amide bonds. The Hall–Kier alpha value is -1.84. The lowest BCUT2D eigenvalue weighted by Crippen LogP contribution is -2.47. The van der Waals surface area contributed by atoms with Gasteiger partial charge >= 0.3 is 0 Å². The van der Waals surface area contributed by atoms with Gasteiger partial charge in [0.2, 0.25) is 5.91 Å². The van der Waals surface area contributed by atoms with Gasteiger partial charge in [0.05, 0.1) is 0 Å². The Morgan fingerprint density at radius 3 is 2.26 bits per heavy atom. The number of halogens is 1. The molecule has 0 atom stereocenters. The summed E-state index contributed by atoms with van der Waals surface area (Å²) in [6.45, 7) is 7.32. The largest absolute Gasteiger partial charge is 0.309 e. The molecule has 2 aromatic rings. The molecular weight excluding hydrogens is 356 g/mol. The fraction of sp³-hybridized carbons (Fsp3) is 0.435. The number of amides is 1. The number of para-hydroxylation sites is 1. The first-order chi connectivity index (χ1) is 12.7. The molecule has 146 valence electrons. The maximum atomic E-state index is 12.5. The van der Waals surface area contributed by atoms with Crippen molar-refractivity contribution >= 4 is 24.0 Å². The zero-order valence-corrected chi connectivity index (χ0v) is 17.3. The topological polar surface area (TPSA) is 23.6 Å². The number of benzene rings is 2. The number of carbonyl (C=O) groups excluding carboxylic acids is 1.